The van der Waals surface area contributed by atoms with E-state index in [2.05, 4.69) is 16.1 Å². The van der Waals surface area contributed by atoms with Gasteiger partial charge in [-0.2, -0.15) is 0 Å². The summed E-state index contributed by atoms with van der Waals surface area (Å²) in [5.41, 5.74) is 2.75. The number of fused-ring (bicyclic) bond motifs is 8. The van der Waals surface area contributed by atoms with Gasteiger partial charge in [0.15, 0.2) is 5.78 Å². The minimum atomic E-state index is -4.84. The van der Waals surface area contributed by atoms with Crippen LogP contribution in [-0.4, -0.2) is 51.5 Å². The van der Waals surface area contributed by atoms with E-state index in [9.17, 15) is 33.0 Å². The number of hydrogen-bond donors (Lipinski definition) is 3. The van der Waals surface area contributed by atoms with E-state index in [1.54, 1.807) is 36.4 Å². The van der Waals surface area contributed by atoms with Gasteiger partial charge in [-0.15, -0.1) is 13.2 Å². The summed E-state index contributed by atoms with van der Waals surface area (Å²) in [6.45, 7) is 4.02. The molecule has 54 heavy (non-hydrogen) atoms. The highest BCUT2D eigenvalue weighted by Gasteiger charge is 2.57. The zero-order chi connectivity index (χ0) is 38.5. The van der Waals surface area contributed by atoms with Crippen LogP contribution in [0.2, 0.25) is 0 Å². The van der Waals surface area contributed by atoms with Crippen molar-refractivity contribution in [2.45, 2.75) is 89.3 Å². The largest absolute Gasteiger partial charge is 0.573 e. The Labute approximate surface area is 314 Å². The minimum absolute atomic E-state index is 0.00178. The van der Waals surface area contributed by atoms with Crippen LogP contribution in [-0.2, 0) is 13.0 Å². The number of aliphatic hydroxyl groups is 2. The van der Waals surface area contributed by atoms with Crippen LogP contribution in [0, 0.1) is 5.41 Å². The molecule has 1 saturated carbocycles. The topological polar surface area (TPSA) is 99.1 Å². The van der Waals surface area contributed by atoms with E-state index >= 15 is 0 Å². The molecule has 3 N–H and O–H groups in total. The lowest BCUT2D eigenvalue weighted by molar-refractivity contribution is -0.274. The molecule has 10 heteroatoms. The third-order valence-electron chi connectivity index (χ3n) is 11.2. The maximum Gasteiger partial charge on any atom is 0.573 e. The summed E-state index contributed by atoms with van der Waals surface area (Å²) in [6.07, 6.45) is 0.503. The molecule has 0 spiro atoms. The number of anilines is 1. The second kappa shape index (κ2) is 16.2. The van der Waals surface area contributed by atoms with Crippen LogP contribution in [0.25, 0.3) is 0 Å². The van der Waals surface area contributed by atoms with Crippen LogP contribution in [0.15, 0.2) is 115 Å². The molecule has 4 unspecified atom stereocenters. The number of aliphatic hydroxyl groups excluding tert-OH is 1. The lowest BCUT2D eigenvalue weighted by Crippen LogP contribution is -2.54. The van der Waals surface area contributed by atoms with Gasteiger partial charge in [0.25, 0.3) is 0 Å². The molecule has 3 aliphatic carbocycles. The lowest BCUT2D eigenvalue weighted by Gasteiger charge is -2.46. The Kier molecular flexibility index (Phi) is 11.6. The fraction of sp³-hybridized carbons (Fsp3) is 0.364. The molecule has 2 bridgehead atoms. The average Bonchev–Trinajstić information content (AvgIpc) is 3.39. The summed E-state index contributed by atoms with van der Waals surface area (Å²) < 4.78 is 42.7. The van der Waals surface area contributed by atoms with Gasteiger partial charge in [0.1, 0.15) is 5.75 Å². The number of nitrogens with one attached hydrogen (secondary N) is 1. The zero-order valence-electron chi connectivity index (χ0n) is 30.6. The number of ketones is 1. The molecule has 4 aromatic carbocycles. The maximum atomic E-state index is 14.2. The zero-order valence-corrected chi connectivity index (χ0v) is 30.6. The number of alkyl halides is 3. The van der Waals surface area contributed by atoms with E-state index in [1.807, 2.05) is 56.3 Å². The second-order valence-corrected chi connectivity index (χ2v) is 15.0. The van der Waals surface area contributed by atoms with Gasteiger partial charge in [-0.1, -0.05) is 91.4 Å². The maximum absolute atomic E-state index is 14.2. The molecule has 0 aliphatic heterocycles. The predicted molar refractivity (Wildman–Crippen MR) is 202 cm³/mol. The molecule has 0 heterocycles. The van der Waals surface area contributed by atoms with E-state index in [0.29, 0.717) is 67.3 Å². The van der Waals surface area contributed by atoms with Crippen molar-refractivity contribution in [2.24, 2.45) is 5.41 Å². The third-order valence-corrected chi connectivity index (χ3v) is 11.2. The Hall–Kier alpha value is -4.93. The molecular formula is C44H47F3N2O5. The Morgan fingerprint density at radius 3 is 2.30 bits per heavy atom. The quantitative estimate of drug-likeness (QED) is 0.124. The number of para-hydroxylation sites is 1. The van der Waals surface area contributed by atoms with Crippen LogP contribution < -0.4 is 10.1 Å². The highest BCUT2D eigenvalue weighted by atomic mass is 19.4. The molecule has 0 radical (unpaired) electrons. The summed E-state index contributed by atoms with van der Waals surface area (Å²) in [5, 5.41) is 26.8. The predicted octanol–water partition coefficient (Wildman–Crippen LogP) is 9.59. The van der Waals surface area contributed by atoms with Gasteiger partial charge in [0.05, 0.1) is 18.2 Å². The SMILES string of the molecule is CC1=CCCC2(C)C(CCC2(O)CN(Cc2ccc(OC(F)(F)F)cc2)C(=O)Nc2ccccc2)c2ccc(cc2C(=O)c2ccccc2)CC(O)CC1. The Bertz CT molecular complexity index is 1950. The molecule has 4 atom stereocenters. The highest BCUT2D eigenvalue weighted by Crippen LogP contribution is 2.59. The van der Waals surface area contributed by atoms with Gasteiger partial charge in [-0.25, -0.2) is 4.79 Å². The van der Waals surface area contributed by atoms with Gasteiger partial charge in [-0.05, 0) is 105 Å². The molecule has 1 fully saturated rings. The highest BCUT2D eigenvalue weighted by molar-refractivity contribution is 6.10. The first kappa shape index (κ1) is 38.8. The van der Waals surface area contributed by atoms with E-state index in [0.717, 1.165) is 16.7 Å². The van der Waals surface area contributed by atoms with Crippen LogP contribution in [0.3, 0.4) is 0 Å². The van der Waals surface area contributed by atoms with Crippen molar-refractivity contribution in [2.75, 3.05) is 11.9 Å². The van der Waals surface area contributed by atoms with Crippen molar-refractivity contribution < 1.29 is 37.7 Å². The van der Waals surface area contributed by atoms with Crippen molar-refractivity contribution >= 4 is 17.5 Å². The number of rotatable bonds is 8. The Morgan fingerprint density at radius 1 is 0.926 bits per heavy atom. The number of amides is 2. The first-order chi connectivity index (χ1) is 25.7. The Morgan fingerprint density at radius 2 is 1.61 bits per heavy atom. The molecule has 0 aromatic heterocycles. The number of carbonyl (C=O) groups is 2. The van der Waals surface area contributed by atoms with E-state index < -0.39 is 29.5 Å². The first-order valence-corrected chi connectivity index (χ1v) is 18.5. The normalized spacial score (nSPS) is 23.1. The molecule has 3 aliphatic rings. The lowest BCUT2D eigenvalue weighted by atomic mass is 9.64. The van der Waals surface area contributed by atoms with Gasteiger partial charge in [0, 0.05) is 28.8 Å². The number of allylic oxidation sites excluding steroid dienone is 2. The summed E-state index contributed by atoms with van der Waals surface area (Å²) in [5.74, 6) is -0.774. The van der Waals surface area contributed by atoms with E-state index in [-0.39, 0.29) is 30.5 Å². The molecule has 4 aromatic rings. The summed E-state index contributed by atoms with van der Waals surface area (Å²) in [4.78, 5) is 29.8. The number of halogens is 3. The number of hydrogen-bond acceptors (Lipinski definition) is 5. The van der Waals surface area contributed by atoms with E-state index in [1.165, 1.54) is 29.2 Å². The monoisotopic (exact) mass is 740 g/mol. The van der Waals surface area contributed by atoms with E-state index in [4.69, 9.17) is 0 Å². The first-order valence-electron chi connectivity index (χ1n) is 18.5. The second-order valence-electron chi connectivity index (χ2n) is 15.0. The number of urea groups is 1. The van der Waals surface area contributed by atoms with Crippen molar-refractivity contribution in [3.05, 3.63) is 143 Å². The van der Waals surface area contributed by atoms with Crippen molar-refractivity contribution in [3.8, 4) is 5.75 Å². The number of ether oxygens (including phenoxy) is 1. The fourth-order valence-corrected chi connectivity index (χ4v) is 8.20. The smallest absolute Gasteiger partial charge is 0.406 e. The van der Waals surface area contributed by atoms with Crippen molar-refractivity contribution in [1.82, 2.24) is 4.90 Å². The fourth-order valence-electron chi connectivity index (χ4n) is 8.20. The minimum Gasteiger partial charge on any atom is -0.406 e. The summed E-state index contributed by atoms with van der Waals surface area (Å²) >= 11 is 0. The number of benzene rings is 4. The van der Waals surface area contributed by atoms with Gasteiger partial charge >= 0.3 is 12.4 Å². The van der Waals surface area contributed by atoms with Gasteiger partial charge in [0.2, 0.25) is 0 Å². The standard InChI is InChI=1S/C44H47F3N2O5/c1-30-10-9-24-42(2)39(37-22-18-32(26-35(50)19-15-30)27-38(37)40(51)33-11-5-3-6-12-33)23-25-43(42,53)29-49(41(52)48-34-13-7-4-8-14-34)28-31-16-20-36(21-17-31)54-44(45,46)47/h3-8,10-14,16-18,20-22,27,35,39,50,53H,9,15,19,23-26,28-29H2,1-2H3,(H,48,52). The van der Waals surface area contributed by atoms with Crippen LogP contribution in [0.1, 0.15) is 90.9 Å². The average molecular weight is 741 g/mol. The van der Waals surface area contributed by atoms with Crippen LogP contribution >= 0.6 is 0 Å². The summed E-state index contributed by atoms with van der Waals surface area (Å²) in [7, 11) is 0. The van der Waals surface area contributed by atoms with Gasteiger partial charge < -0.3 is 25.2 Å². The van der Waals surface area contributed by atoms with Gasteiger partial charge in [-0.3, -0.25) is 4.79 Å². The molecule has 7 nitrogen and oxygen atoms in total. The molecule has 2 amide bonds. The van der Waals surface area contributed by atoms with Crippen molar-refractivity contribution in [3.63, 3.8) is 0 Å². The third kappa shape index (κ3) is 9.05. The Balaban J connectivity index is 1.39. The molecular weight excluding hydrogens is 693 g/mol. The molecule has 0 saturated heterocycles. The van der Waals surface area contributed by atoms with Crippen LogP contribution in [0.4, 0.5) is 23.7 Å². The molecule has 7 rings (SSSR count). The number of nitrogens with zero attached hydrogens (tertiary/aromatic N) is 1. The van der Waals surface area contributed by atoms with Crippen LogP contribution in [0.5, 0.6) is 5.75 Å². The molecule has 284 valence electrons. The van der Waals surface area contributed by atoms with Crippen molar-refractivity contribution in [1.29, 1.82) is 0 Å². The number of carbonyl (C=O) groups excluding carboxylic acids is 2. The summed E-state index contributed by atoms with van der Waals surface area (Å²) in [6, 6.07) is 28.7.